The highest BCUT2D eigenvalue weighted by Crippen LogP contribution is 2.19. The van der Waals surface area contributed by atoms with Crippen molar-refractivity contribution in [3.63, 3.8) is 0 Å². The molecule has 0 N–H and O–H groups in total. The first-order valence-electron chi connectivity index (χ1n) is 6.64. The van der Waals surface area contributed by atoms with E-state index in [4.69, 9.17) is 23.2 Å². The van der Waals surface area contributed by atoms with Crippen LogP contribution in [0.5, 0.6) is 0 Å². The van der Waals surface area contributed by atoms with E-state index in [-0.39, 0.29) is 5.39 Å². The smallest absolute Gasteiger partial charge is 0.267 e. The molecule has 0 saturated heterocycles. The second-order valence-electron chi connectivity index (χ2n) is 4.85. The van der Waals surface area contributed by atoms with Crippen LogP contribution in [0.25, 0.3) is 10.9 Å². The lowest BCUT2D eigenvalue weighted by Gasteiger charge is -2.05. The SMILES string of the molecule is Cc1nc2ccc(F)cc2c(=O)n1N=Cc1ccc(Cl)cc1Cl. The van der Waals surface area contributed by atoms with Crippen LogP contribution >= 0.6 is 23.2 Å². The van der Waals surface area contributed by atoms with Crippen LogP contribution in [0, 0.1) is 12.7 Å². The fraction of sp³-hybridized carbons (Fsp3) is 0.0625. The van der Waals surface area contributed by atoms with E-state index in [1.165, 1.54) is 18.3 Å². The minimum atomic E-state index is -0.503. The molecule has 23 heavy (non-hydrogen) atoms. The summed E-state index contributed by atoms with van der Waals surface area (Å²) >= 11 is 11.9. The van der Waals surface area contributed by atoms with Crippen molar-refractivity contribution in [1.29, 1.82) is 0 Å². The maximum atomic E-state index is 13.3. The van der Waals surface area contributed by atoms with Crippen LogP contribution in [0.2, 0.25) is 10.0 Å². The number of hydrogen-bond donors (Lipinski definition) is 0. The zero-order valence-electron chi connectivity index (χ0n) is 11.9. The molecule has 2 aromatic carbocycles. The zero-order valence-corrected chi connectivity index (χ0v) is 13.4. The van der Waals surface area contributed by atoms with Crippen molar-refractivity contribution >= 4 is 40.3 Å². The Labute approximate surface area is 140 Å². The van der Waals surface area contributed by atoms with Crippen LogP contribution in [-0.2, 0) is 0 Å². The molecule has 0 amide bonds. The fourth-order valence-corrected chi connectivity index (χ4v) is 2.58. The molecule has 4 nitrogen and oxygen atoms in total. The summed E-state index contributed by atoms with van der Waals surface area (Å²) < 4.78 is 14.4. The molecule has 0 aliphatic rings. The van der Waals surface area contributed by atoms with Crippen molar-refractivity contribution in [2.45, 2.75) is 6.92 Å². The molecule has 7 heteroatoms. The Morgan fingerprint density at radius 1 is 1.22 bits per heavy atom. The normalized spacial score (nSPS) is 11.5. The second kappa shape index (κ2) is 6.10. The Hall–Kier alpha value is -2.24. The van der Waals surface area contributed by atoms with Crippen LogP contribution in [0.3, 0.4) is 0 Å². The average molecular weight is 350 g/mol. The summed E-state index contributed by atoms with van der Waals surface area (Å²) in [5, 5.41) is 5.19. The number of aryl methyl sites for hydroxylation is 1. The van der Waals surface area contributed by atoms with Gasteiger partial charge in [-0.2, -0.15) is 9.78 Å². The third-order valence-electron chi connectivity index (χ3n) is 3.24. The summed E-state index contributed by atoms with van der Waals surface area (Å²) in [6, 6.07) is 8.79. The first-order chi connectivity index (χ1) is 11.0. The van der Waals surface area contributed by atoms with Crippen LogP contribution in [-0.4, -0.2) is 15.9 Å². The van der Waals surface area contributed by atoms with Crippen LogP contribution in [0.1, 0.15) is 11.4 Å². The maximum Gasteiger partial charge on any atom is 0.282 e. The van der Waals surface area contributed by atoms with E-state index in [1.807, 2.05) is 0 Å². The molecule has 3 rings (SSSR count). The third-order valence-corrected chi connectivity index (χ3v) is 3.81. The second-order valence-corrected chi connectivity index (χ2v) is 5.69. The first-order valence-corrected chi connectivity index (χ1v) is 7.39. The predicted molar refractivity (Wildman–Crippen MR) is 90.2 cm³/mol. The van der Waals surface area contributed by atoms with Gasteiger partial charge in [0.1, 0.15) is 11.6 Å². The quantitative estimate of drug-likeness (QED) is 0.655. The molecule has 0 fully saturated rings. The van der Waals surface area contributed by atoms with Crippen LogP contribution in [0.15, 0.2) is 46.3 Å². The summed E-state index contributed by atoms with van der Waals surface area (Å²) in [5.74, 6) is -0.119. The molecule has 0 saturated carbocycles. The Morgan fingerprint density at radius 2 is 2.00 bits per heavy atom. The molecular weight excluding hydrogens is 340 g/mol. The van der Waals surface area contributed by atoms with Gasteiger partial charge in [0.15, 0.2) is 0 Å². The number of rotatable bonds is 2. The molecule has 1 aromatic heterocycles. The Kier molecular flexibility index (Phi) is 4.15. The van der Waals surface area contributed by atoms with Crippen molar-refractivity contribution < 1.29 is 4.39 Å². The minimum Gasteiger partial charge on any atom is -0.267 e. The minimum absolute atomic E-state index is 0.162. The van der Waals surface area contributed by atoms with E-state index in [1.54, 1.807) is 25.1 Å². The Balaban J connectivity index is 2.12. The number of halogens is 3. The predicted octanol–water partition coefficient (Wildman–Crippen LogP) is 4.03. The lowest BCUT2D eigenvalue weighted by atomic mass is 10.2. The van der Waals surface area contributed by atoms with E-state index in [0.29, 0.717) is 26.9 Å². The molecule has 0 unspecified atom stereocenters. The van der Waals surface area contributed by atoms with E-state index in [0.717, 1.165) is 10.7 Å². The van der Waals surface area contributed by atoms with Crippen molar-refractivity contribution in [2.75, 3.05) is 0 Å². The van der Waals surface area contributed by atoms with Gasteiger partial charge in [-0.15, -0.1) is 0 Å². The number of nitrogens with zero attached hydrogens (tertiary/aromatic N) is 3. The fourth-order valence-electron chi connectivity index (χ4n) is 2.12. The Bertz CT molecular complexity index is 999. The van der Waals surface area contributed by atoms with Gasteiger partial charge >= 0.3 is 0 Å². The lowest BCUT2D eigenvalue weighted by molar-refractivity contribution is 0.629. The molecule has 0 aliphatic carbocycles. The van der Waals surface area contributed by atoms with Gasteiger partial charge in [-0.25, -0.2) is 9.37 Å². The molecule has 0 atom stereocenters. The van der Waals surface area contributed by atoms with Gasteiger partial charge in [-0.3, -0.25) is 4.79 Å². The summed E-state index contributed by atoms with van der Waals surface area (Å²) in [7, 11) is 0. The van der Waals surface area contributed by atoms with E-state index >= 15 is 0 Å². The Morgan fingerprint density at radius 3 is 2.74 bits per heavy atom. The van der Waals surface area contributed by atoms with Gasteiger partial charge in [0.25, 0.3) is 5.56 Å². The monoisotopic (exact) mass is 349 g/mol. The van der Waals surface area contributed by atoms with Gasteiger partial charge in [0, 0.05) is 10.6 Å². The molecule has 0 radical (unpaired) electrons. The molecule has 1 heterocycles. The molecule has 3 aromatic rings. The van der Waals surface area contributed by atoms with Gasteiger partial charge < -0.3 is 0 Å². The van der Waals surface area contributed by atoms with Crippen molar-refractivity contribution in [3.05, 3.63) is 74.0 Å². The molecule has 0 aliphatic heterocycles. The summed E-state index contributed by atoms with van der Waals surface area (Å²) in [5.41, 5.74) is 0.569. The third kappa shape index (κ3) is 3.11. The number of benzene rings is 2. The first kappa shape index (κ1) is 15.6. The van der Waals surface area contributed by atoms with Crippen molar-refractivity contribution in [1.82, 2.24) is 9.66 Å². The molecule has 0 spiro atoms. The van der Waals surface area contributed by atoms with Gasteiger partial charge in [0.05, 0.1) is 22.1 Å². The standard InChI is InChI=1S/C16H10Cl2FN3O/c1-9-21-15-5-4-12(19)7-13(15)16(23)22(9)20-8-10-2-3-11(17)6-14(10)18/h2-8H,1H3. The van der Waals surface area contributed by atoms with Gasteiger partial charge in [-0.1, -0.05) is 29.3 Å². The highest BCUT2D eigenvalue weighted by Gasteiger charge is 2.08. The molecular formula is C16H10Cl2FN3O. The van der Waals surface area contributed by atoms with Crippen molar-refractivity contribution in [2.24, 2.45) is 5.10 Å². The topological polar surface area (TPSA) is 47.2 Å². The maximum absolute atomic E-state index is 13.3. The van der Waals surface area contributed by atoms with Gasteiger partial charge in [-0.05, 0) is 37.3 Å². The largest absolute Gasteiger partial charge is 0.282 e. The summed E-state index contributed by atoms with van der Waals surface area (Å²) in [6.07, 6.45) is 1.43. The van der Waals surface area contributed by atoms with E-state index in [2.05, 4.69) is 10.1 Å². The number of fused-ring (bicyclic) bond motifs is 1. The molecule has 0 bridgehead atoms. The van der Waals surface area contributed by atoms with Gasteiger partial charge in [0.2, 0.25) is 0 Å². The molecule has 116 valence electrons. The number of hydrogen-bond acceptors (Lipinski definition) is 3. The average Bonchev–Trinajstić information content (AvgIpc) is 2.50. The van der Waals surface area contributed by atoms with E-state index < -0.39 is 11.4 Å². The zero-order chi connectivity index (χ0) is 16.6. The highest BCUT2D eigenvalue weighted by atomic mass is 35.5. The highest BCUT2D eigenvalue weighted by molar-refractivity contribution is 6.36. The summed E-state index contributed by atoms with van der Waals surface area (Å²) in [6.45, 7) is 1.64. The number of aromatic nitrogens is 2. The van der Waals surface area contributed by atoms with Crippen molar-refractivity contribution in [3.8, 4) is 0 Å². The van der Waals surface area contributed by atoms with E-state index in [9.17, 15) is 9.18 Å². The van der Waals surface area contributed by atoms with Crippen LogP contribution in [0.4, 0.5) is 4.39 Å². The van der Waals surface area contributed by atoms with Crippen LogP contribution < -0.4 is 5.56 Å². The summed E-state index contributed by atoms with van der Waals surface area (Å²) in [4.78, 5) is 16.7. The lowest BCUT2D eigenvalue weighted by Crippen LogP contribution is -2.20.